The lowest BCUT2D eigenvalue weighted by Gasteiger charge is -2.07. The predicted molar refractivity (Wildman–Crippen MR) is 78.8 cm³/mol. The molecule has 0 amide bonds. The summed E-state index contributed by atoms with van der Waals surface area (Å²) in [5.41, 5.74) is 1.47. The van der Waals surface area contributed by atoms with Crippen LogP contribution in [0.2, 0.25) is 0 Å². The number of nitriles is 1. The average Bonchev–Trinajstić information content (AvgIpc) is 2.44. The fourth-order valence-corrected chi connectivity index (χ4v) is 2.54. The van der Waals surface area contributed by atoms with Gasteiger partial charge in [0.15, 0.2) is 0 Å². The van der Waals surface area contributed by atoms with Gasteiger partial charge >= 0.3 is 0 Å². The highest BCUT2D eigenvalue weighted by atomic mass is 79.9. The minimum absolute atomic E-state index is 0.222. The van der Waals surface area contributed by atoms with Gasteiger partial charge in [-0.15, -0.1) is 0 Å². The van der Waals surface area contributed by atoms with Crippen LogP contribution in [-0.2, 0) is 0 Å². The number of benzene rings is 2. The van der Waals surface area contributed by atoms with Gasteiger partial charge in [-0.3, -0.25) is 0 Å². The molecule has 19 heavy (non-hydrogen) atoms. The Bertz CT molecular complexity index is 674. The SMILES string of the molecule is N#C/C(=C(\Cl)c1cccc(F)c1Br)c1ccccc1. The van der Waals surface area contributed by atoms with Crippen molar-refractivity contribution in [3.05, 3.63) is 69.9 Å². The third-order valence-corrected chi connectivity index (χ3v) is 3.78. The van der Waals surface area contributed by atoms with Crippen molar-refractivity contribution in [3.63, 3.8) is 0 Å². The molecular weight excluding hydrogens is 329 g/mol. The summed E-state index contributed by atoms with van der Waals surface area (Å²) in [5, 5.41) is 9.49. The van der Waals surface area contributed by atoms with Crippen molar-refractivity contribution in [1.82, 2.24) is 0 Å². The first kappa shape index (κ1) is 13.8. The van der Waals surface area contributed by atoms with E-state index >= 15 is 0 Å². The highest BCUT2D eigenvalue weighted by Crippen LogP contribution is 2.34. The van der Waals surface area contributed by atoms with Crippen LogP contribution in [0.25, 0.3) is 10.6 Å². The molecule has 0 spiro atoms. The number of rotatable bonds is 2. The smallest absolute Gasteiger partial charge is 0.138 e. The van der Waals surface area contributed by atoms with E-state index in [0.717, 1.165) is 0 Å². The van der Waals surface area contributed by atoms with E-state index in [-0.39, 0.29) is 9.51 Å². The predicted octanol–water partition coefficient (Wildman–Crippen LogP) is 5.22. The molecule has 0 saturated carbocycles. The maximum absolute atomic E-state index is 13.5. The molecule has 0 saturated heterocycles. The molecule has 0 N–H and O–H groups in total. The zero-order valence-corrected chi connectivity index (χ0v) is 12.0. The quantitative estimate of drug-likeness (QED) is 0.545. The van der Waals surface area contributed by atoms with E-state index in [2.05, 4.69) is 22.0 Å². The molecule has 0 fully saturated rings. The van der Waals surface area contributed by atoms with E-state index in [1.54, 1.807) is 24.3 Å². The standard InChI is InChI=1S/C15H8BrClFN/c16-14-11(7-4-8-13(14)18)15(17)12(9-19)10-5-2-1-3-6-10/h1-8H/b15-12+. The molecule has 0 bridgehead atoms. The molecule has 0 aromatic heterocycles. The van der Waals surface area contributed by atoms with Crippen LogP contribution in [0.4, 0.5) is 4.39 Å². The molecule has 2 aromatic rings. The van der Waals surface area contributed by atoms with Crippen molar-refractivity contribution in [2.24, 2.45) is 0 Å². The third kappa shape index (κ3) is 2.86. The second kappa shape index (κ2) is 6.01. The van der Waals surface area contributed by atoms with Crippen molar-refractivity contribution in [2.45, 2.75) is 0 Å². The van der Waals surface area contributed by atoms with E-state index < -0.39 is 5.82 Å². The second-order valence-corrected chi connectivity index (χ2v) is 4.94. The lowest BCUT2D eigenvalue weighted by molar-refractivity contribution is 0.620. The summed E-state index contributed by atoms with van der Waals surface area (Å²) < 4.78 is 13.8. The molecule has 0 radical (unpaired) electrons. The Morgan fingerprint density at radius 2 is 1.79 bits per heavy atom. The molecule has 2 aromatic carbocycles. The van der Waals surface area contributed by atoms with Gasteiger partial charge in [0.25, 0.3) is 0 Å². The Kier molecular flexibility index (Phi) is 4.36. The molecule has 2 rings (SSSR count). The van der Waals surface area contributed by atoms with E-state index in [1.807, 2.05) is 18.2 Å². The van der Waals surface area contributed by atoms with Gasteiger partial charge in [0, 0.05) is 5.56 Å². The number of hydrogen-bond donors (Lipinski definition) is 0. The van der Waals surface area contributed by atoms with E-state index in [1.165, 1.54) is 6.07 Å². The summed E-state index contributed by atoms with van der Waals surface area (Å²) in [7, 11) is 0. The second-order valence-electron chi connectivity index (χ2n) is 3.77. The molecule has 0 aliphatic carbocycles. The number of hydrogen-bond acceptors (Lipinski definition) is 1. The first-order valence-corrected chi connectivity index (χ1v) is 6.62. The monoisotopic (exact) mass is 335 g/mol. The number of halogens is 3. The Hall–Kier alpha value is -1.63. The minimum atomic E-state index is -0.416. The zero-order chi connectivity index (χ0) is 13.8. The maximum Gasteiger partial charge on any atom is 0.138 e. The topological polar surface area (TPSA) is 23.8 Å². The van der Waals surface area contributed by atoms with Crippen LogP contribution < -0.4 is 0 Å². The van der Waals surface area contributed by atoms with Gasteiger partial charge < -0.3 is 0 Å². The molecule has 94 valence electrons. The fraction of sp³-hybridized carbons (Fsp3) is 0. The molecule has 0 aliphatic rings. The summed E-state index contributed by atoms with van der Waals surface area (Å²) in [5.74, 6) is -0.416. The van der Waals surface area contributed by atoms with Gasteiger partial charge in [-0.1, -0.05) is 54.1 Å². The van der Waals surface area contributed by atoms with Crippen LogP contribution in [-0.4, -0.2) is 0 Å². The van der Waals surface area contributed by atoms with Crippen LogP contribution in [0.15, 0.2) is 53.0 Å². The first-order valence-electron chi connectivity index (χ1n) is 5.45. The number of allylic oxidation sites excluding steroid dienone is 1. The van der Waals surface area contributed by atoms with Crippen LogP contribution in [0, 0.1) is 17.1 Å². The summed E-state index contributed by atoms with van der Waals surface area (Å²) >= 11 is 9.39. The lowest BCUT2D eigenvalue weighted by Crippen LogP contribution is -1.89. The number of nitrogens with zero attached hydrogens (tertiary/aromatic N) is 1. The molecule has 0 heterocycles. The largest absolute Gasteiger partial charge is 0.206 e. The lowest BCUT2D eigenvalue weighted by atomic mass is 10.0. The van der Waals surface area contributed by atoms with Crippen LogP contribution >= 0.6 is 27.5 Å². The van der Waals surface area contributed by atoms with Gasteiger partial charge in [-0.25, -0.2) is 4.39 Å². The normalized spacial score (nSPS) is 11.7. The minimum Gasteiger partial charge on any atom is -0.206 e. The van der Waals surface area contributed by atoms with Crippen molar-refractivity contribution in [2.75, 3.05) is 0 Å². The molecule has 0 aliphatic heterocycles. The molecular formula is C15H8BrClFN. The highest BCUT2D eigenvalue weighted by Gasteiger charge is 2.14. The van der Waals surface area contributed by atoms with Gasteiger partial charge in [-0.2, -0.15) is 5.26 Å². The Balaban J connectivity index is 2.63. The van der Waals surface area contributed by atoms with Crippen molar-refractivity contribution < 1.29 is 4.39 Å². The molecule has 0 atom stereocenters. The third-order valence-electron chi connectivity index (χ3n) is 2.58. The van der Waals surface area contributed by atoms with E-state index in [4.69, 9.17) is 11.6 Å². The van der Waals surface area contributed by atoms with E-state index in [9.17, 15) is 9.65 Å². The summed E-state index contributed by atoms with van der Waals surface area (Å²) in [6.45, 7) is 0. The zero-order valence-electron chi connectivity index (χ0n) is 9.70. The Morgan fingerprint density at radius 3 is 2.42 bits per heavy atom. The van der Waals surface area contributed by atoms with Crippen LogP contribution in [0.1, 0.15) is 11.1 Å². The van der Waals surface area contributed by atoms with Gasteiger partial charge in [0.1, 0.15) is 11.9 Å². The molecule has 4 heteroatoms. The van der Waals surface area contributed by atoms with Gasteiger partial charge in [-0.05, 0) is 27.6 Å². The highest BCUT2D eigenvalue weighted by molar-refractivity contribution is 9.10. The first-order chi connectivity index (χ1) is 9.15. The average molecular weight is 337 g/mol. The van der Waals surface area contributed by atoms with Crippen molar-refractivity contribution >= 4 is 38.1 Å². The molecule has 0 unspecified atom stereocenters. The van der Waals surface area contributed by atoms with E-state index in [0.29, 0.717) is 16.7 Å². The summed E-state index contributed by atoms with van der Waals surface area (Å²) in [6.07, 6.45) is 0. The maximum atomic E-state index is 13.5. The van der Waals surface area contributed by atoms with Gasteiger partial charge in [0.05, 0.1) is 15.1 Å². The Labute approximate surface area is 124 Å². The Morgan fingerprint density at radius 1 is 1.11 bits per heavy atom. The summed E-state index contributed by atoms with van der Waals surface area (Å²) in [4.78, 5) is 0. The van der Waals surface area contributed by atoms with Crippen molar-refractivity contribution in [3.8, 4) is 6.07 Å². The van der Waals surface area contributed by atoms with Crippen LogP contribution in [0.3, 0.4) is 0 Å². The fourth-order valence-electron chi connectivity index (χ4n) is 1.65. The van der Waals surface area contributed by atoms with Crippen molar-refractivity contribution in [1.29, 1.82) is 5.26 Å². The molecule has 1 nitrogen and oxygen atoms in total. The summed E-state index contributed by atoms with van der Waals surface area (Å²) in [6, 6.07) is 15.7. The van der Waals surface area contributed by atoms with Crippen LogP contribution in [0.5, 0.6) is 0 Å². The van der Waals surface area contributed by atoms with Gasteiger partial charge in [0.2, 0.25) is 0 Å².